The molecule has 0 N–H and O–H groups in total. The molecule has 0 unspecified atom stereocenters. The smallest absolute Gasteiger partial charge is 0.127 e. The molecular weight excluding hydrogens is 220 g/mol. The summed E-state index contributed by atoms with van der Waals surface area (Å²) >= 11 is 0. The number of carbonyl (C=O) groups excluding carboxylic acids is 1. The fraction of sp³-hybridized carbons (Fsp3) is 0.588. The molecular formula is C17H20O. The molecule has 3 saturated carbocycles. The Labute approximate surface area is 109 Å². The maximum absolute atomic E-state index is 11.9. The van der Waals surface area contributed by atoms with E-state index in [-0.39, 0.29) is 16.2 Å². The molecule has 1 nitrogen and oxygen atoms in total. The van der Waals surface area contributed by atoms with Crippen molar-refractivity contribution in [3.63, 3.8) is 0 Å². The predicted octanol–water partition coefficient (Wildman–Crippen LogP) is 3.58. The maximum Gasteiger partial charge on any atom is 0.127 e. The number of fused-ring (bicyclic) bond motifs is 4. The number of rotatable bonds is 2. The Bertz CT molecular complexity index is 518. The van der Waals surface area contributed by atoms with Gasteiger partial charge in [-0.25, -0.2) is 0 Å². The summed E-state index contributed by atoms with van der Waals surface area (Å²) in [5, 5.41) is 0. The second kappa shape index (κ2) is 2.89. The first-order valence-corrected chi connectivity index (χ1v) is 7.16. The van der Waals surface area contributed by atoms with Gasteiger partial charge in [0.05, 0.1) is 0 Å². The summed E-state index contributed by atoms with van der Waals surface area (Å²) in [5.74, 6) is 1.41. The number of hydrogen-bond donors (Lipinski definition) is 0. The first kappa shape index (κ1) is 10.8. The molecule has 0 aromatic heterocycles. The maximum atomic E-state index is 11.9. The molecule has 1 aromatic carbocycles. The SMILES string of the molecule is CC1(C)[C@]2(C=O)[C@H]3CCC[C@H]3[C@]12c1ccccc1. The highest BCUT2D eigenvalue weighted by Gasteiger charge is 2.95. The minimum absolute atomic E-state index is 0.0531. The third kappa shape index (κ3) is 0.726. The molecule has 0 saturated heterocycles. The van der Waals surface area contributed by atoms with Crippen LogP contribution in [-0.4, -0.2) is 6.29 Å². The topological polar surface area (TPSA) is 17.1 Å². The van der Waals surface area contributed by atoms with Gasteiger partial charge in [0.15, 0.2) is 0 Å². The van der Waals surface area contributed by atoms with Crippen molar-refractivity contribution < 1.29 is 4.79 Å². The van der Waals surface area contributed by atoms with Gasteiger partial charge in [0.25, 0.3) is 0 Å². The van der Waals surface area contributed by atoms with Crippen LogP contribution in [0, 0.1) is 22.7 Å². The molecule has 3 aliphatic rings. The van der Waals surface area contributed by atoms with Crippen LogP contribution < -0.4 is 0 Å². The van der Waals surface area contributed by atoms with Crippen LogP contribution in [0.15, 0.2) is 30.3 Å². The van der Waals surface area contributed by atoms with Crippen LogP contribution in [0.5, 0.6) is 0 Å². The van der Waals surface area contributed by atoms with E-state index in [9.17, 15) is 4.79 Å². The summed E-state index contributed by atoms with van der Waals surface area (Å²) in [5.41, 5.74) is 1.66. The fourth-order valence-corrected chi connectivity index (χ4v) is 6.27. The molecule has 94 valence electrons. The number of aldehydes is 1. The standard InChI is InChI=1S/C17H20O/c1-15(2)16(11-18)13-9-6-10-14(13)17(15,16)12-7-4-3-5-8-12/h3-5,7-8,11,13-14H,6,9-10H2,1-2H3/t13-,14+,16-,17+/m0/s1. The average Bonchev–Trinajstić information content (AvgIpc) is 2.66. The Kier molecular flexibility index (Phi) is 1.73. The number of carbonyl (C=O) groups is 1. The summed E-state index contributed by atoms with van der Waals surface area (Å²) in [6, 6.07) is 10.8. The second-order valence-electron chi connectivity index (χ2n) is 6.93. The molecule has 0 bridgehead atoms. The van der Waals surface area contributed by atoms with E-state index in [1.54, 1.807) is 0 Å². The Morgan fingerprint density at radius 3 is 2.44 bits per heavy atom. The first-order chi connectivity index (χ1) is 8.64. The van der Waals surface area contributed by atoms with Gasteiger partial charge in [0.2, 0.25) is 0 Å². The zero-order valence-electron chi connectivity index (χ0n) is 11.1. The van der Waals surface area contributed by atoms with Crippen LogP contribution in [0.25, 0.3) is 0 Å². The van der Waals surface area contributed by atoms with Gasteiger partial charge >= 0.3 is 0 Å². The van der Waals surface area contributed by atoms with Gasteiger partial charge in [-0.05, 0) is 35.7 Å². The third-order valence-corrected chi connectivity index (χ3v) is 6.68. The molecule has 0 radical (unpaired) electrons. The largest absolute Gasteiger partial charge is 0.303 e. The van der Waals surface area contributed by atoms with Gasteiger partial charge in [0.1, 0.15) is 6.29 Å². The summed E-state index contributed by atoms with van der Waals surface area (Å²) in [6.45, 7) is 4.62. The average molecular weight is 240 g/mol. The Morgan fingerprint density at radius 1 is 1.11 bits per heavy atom. The van der Waals surface area contributed by atoms with Gasteiger partial charge in [-0.15, -0.1) is 0 Å². The van der Waals surface area contributed by atoms with Crippen molar-refractivity contribution in [3.05, 3.63) is 35.9 Å². The predicted molar refractivity (Wildman–Crippen MR) is 71.2 cm³/mol. The highest BCUT2D eigenvalue weighted by Crippen LogP contribution is 2.94. The normalized spacial score (nSPS) is 46.8. The van der Waals surface area contributed by atoms with Crippen LogP contribution in [0.3, 0.4) is 0 Å². The molecule has 3 aliphatic carbocycles. The van der Waals surface area contributed by atoms with Gasteiger partial charge in [-0.2, -0.15) is 0 Å². The molecule has 0 aliphatic heterocycles. The van der Waals surface area contributed by atoms with Crippen LogP contribution in [-0.2, 0) is 10.2 Å². The molecule has 0 spiro atoms. The molecule has 4 rings (SSSR count). The van der Waals surface area contributed by atoms with E-state index in [4.69, 9.17) is 0 Å². The summed E-state index contributed by atoms with van der Waals surface area (Å²) < 4.78 is 0. The van der Waals surface area contributed by atoms with E-state index in [2.05, 4.69) is 44.2 Å². The molecule has 18 heavy (non-hydrogen) atoms. The van der Waals surface area contributed by atoms with E-state index < -0.39 is 0 Å². The highest BCUT2D eigenvalue weighted by molar-refractivity contribution is 5.80. The van der Waals surface area contributed by atoms with Gasteiger partial charge < -0.3 is 4.79 Å². The zero-order valence-corrected chi connectivity index (χ0v) is 11.1. The van der Waals surface area contributed by atoms with Crippen molar-refractivity contribution >= 4 is 6.29 Å². The van der Waals surface area contributed by atoms with Crippen LogP contribution in [0.2, 0.25) is 0 Å². The van der Waals surface area contributed by atoms with Crippen LogP contribution in [0.1, 0.15) is 38.7 Å². The number of benzene rings is 1. The summed E-state index contributed by atoms with van der Waals surface area (Å²) in [6.07, 6.45) is 5.21. The number of hydrogen-bond acceptors (Lipinski definition) is 1. The summed E-state index contributed by atoms with van der Waals surface area (Å²) in [7, 11) is 0. The minimum Gasteiger partial charge on any atom is -0.303 e. The van der Waals surface area contributed by atoms with E-state index in [1.165, 1.54) is 31.1 Å². The van der Waals surface area contributed by atoms with Crippen molar-refractivity contribution in [2.75, 3.05) is 0 Å². The minimum atomic E-state index is -0.0531. The van der Waals surface area contributed by atoms with Gasteiger partial charge in [-0.1, -0.05) is 50.6 Å². The van der Waals surface area contributed by atoms with E-state index in [0.29, 0.717) is 5.92 Å². The highest BCUT2D eigenvalue weighted by atomic mass is 16.1. The lowest BCUT2D eigenvalue weighted by Crippen LogP contribution is -2.47. The lowest BCUT2D eigenvalue weighted by atomic mass is 9.56. The molecule has 1 heteroatoms. The van der Waals surface area contributed by atoms with E-state index in [0.717, 1.165) is 5.92 Å². The quantitative estimate of drug-likeness (QED) is 0.722. The fourth-order valence-electron chi connectivity index (χ4n) is 6.27. The molecule has 1 aromatic rings. The van der Waals surface area contributed by atoms with Crippen molar-refractivity contribution in [1.29, 1.82) is 0 Å². The molecule has 0 amide bonds. The second-order valence-corrected chi connectivity index (χ2v) is 6.93. The van der Waals surface area contributed by atoms with Crippen molar-refractivity contribution in [2.45, 2.75) is 38.5 Å². The lowest BCUT2D eigenvalue weighted by molar-refractivity contribution is -0.121. The first-order valence-electron chi connectivity index (χ1n) is 7.16. The van der Waals surface area contributed by atoms with Crippen LogP contribution >= 0.6 is 0 Å². The van der Waals surface area contributed by atoms with Gasteiger partial charge in [0, 0.05) is 10.8 Å². The third-order valence-electron chi connectivity index (χ3n) is 6.68. The molecule has 0 heterocycles. The Hall–Kier alpha value is -1.11. The van der Waals surface area contributed by atoms with Crippen molar-refractivity contribution in [1.82, 2.24) is 0 Å². The van der Waals surface area contributed by atoms with E-state index in [1.807, 2.05) is 0 Å². The summed E-state index contributed by atoms with van der Waals surface area (Å²) in [4.78, 5) is 11.9. The Balaban J connectivity index is 1.92. The van der Waals surface area contributed by atoms with Gasteiger partial charge in [-0.3, -0.25) is 0 Å². The molecule has 4 atom stereocenters. The monoisotopic (exact) mass is 240 g/mol. The van der Waals surface area contributed by atoms with Crippen molar-refractivity contribution in [2.24, 2.45) is 22.7 Å². The molecule has 3 fully saturated rings. The zero-order chi connectivity index (χ0) is 12.6. The van der Waals surface area contributed by atoms with Crippen molar-refractivity contribution in [3.8, 4) is 0 Å². The van der Waals surface area contributed by atoms with Crippen LogP contribution in [0.4, 0.5) is 0 Å². The Morgan fingerprint density at radius 2 is 1.78 bits per heavy atom. The lowest BCUT2D eigenvalue weighted by Gasteiger charge is -2.45. The van der Waals surface area contributed by atoms with E-state index >= 15 is 0 Å².